The first kappa shape index (κ1) is 14.3. The molecule has 22 heavy (non-hydrogen) atoms. The minimum Gasteiger partial charge on any atom is -0.545 e. The fraction of sp³-hybridized carbons (Fsp3) is 0.0588. The van der Waals surface area contributed by atoms with E-state index >= 15 is 0 Å². The summed E-state index contributed by atoms with van der Waals surface area (Å²) in [6.45, 7) is 2.03. The van der Waals surface area contributed by atoms with Gasteiger partial charge in [0.1, 0.15) is 0 Å². The molecule has 4 nitrogen and oxygen atoms in total. The molecule has 0 aliphatic rings. The van der Waals surface area contributed by atoms with Gasteiger partial charge in [-0.05, 0) is 24.6 Å². The Labute approximate surface area is 132 Å². The van der Waals surface area contributed by atoms with Crippen LogP contribution in [-0.4, -0.2) is 11.0 Å². The van der Waals surface area contributed by atoms with E-state index in [0.29, 0.717) is 0 Å². The summed E-state index contributed by atoms with van der Waals surface area (Å²) >= 11 is 1.56. The Bertz CT molecular complexity index is 795. The molecule has 2 aromatic carbocycles. The van der Waals surface area contributed by atoms with Crippen LogP contribution in [0.3, 0.4) is 0 Å². The molecule has 0 bridgehead atoms. The van der Waals surface area contributed by atoms with E-state index < -0.39 is 5.97 Å². The first-order chi connectivity index (χ1) is 10.6. The largest absolute Gasteiger partial charge is 0.545 e. The number of aromatic carboxylic acids is 1. The molecule has 0 atom stereocenters. The van der Waals surface area contributed by atoms with Crippen molar-refractivity contribution in [3.05, 3.63) is 65.0 Å². The molecule has 3 rings (SSSR count). The lowest BCUT2D eigenvalue weighted by Crippen LogP contribution is -2.21. The second-order valence-electron chi connectivity index (χ2n) is 4.78. The van der Waals surface area contributed by atoms with Crippen molar-refractivity contribution in [2.45, 2.75) is 6.92 Å². The first-order valence-electron chi connectivity index (χ1n) is 6.75. The van der Waals surface area contributed by atoms with Gasteiger partial charge < -0.3 is 15.2 Å². The normalized spacial score (nSPS) is 10.4. The first-order valence-corrected chi connectivity index (χ1v) is 7.56. The van der Waals surface area contributed by atoms with Crippen LogP contribution in [0.1, 0.15) is 15.2 Å². The summed E-state index contributed by atoms with van der Waals surface area (Å²) in [5, 5.41) is 14.7. The average molecular weight is 309 g/mol. The van der Waals surface area contributed by atoms with E-state index in [4.69, 9.17) is 0 Å². The summed E-state index contributed by atoms with van der Waals surface area (Å²) in [6, 6.07) is 16.4. The van der Waals surface area contributed by atoms with Crippen molar-refractivity contribution in [2.75, 3.05) is 5.32 Å². The third-order valence-electron chi connectivity index (χ3n) is 3.22. The predicted molar refractivity (Wildman–Crippen MR) is 86.3 cm³/mol. The van der Waals surface area contributed by atoms with Gasteiger partial charge in [-0.2, -0.15) is 0 Å². The number of anilines is 2. The summed E-state index contributed by atoms with van der Waals surface area (Å²) in [6.07, 6.45) is 0. The number of hydrogen-bond acceptors (Lipinski definition) is 5. The van der Waals surface area contributed by atoms with Gasteiger partial charge in [0.15, 0.2) is 5.13 Å². The van der Waals surface area contributed by atoms with Crippen LogP contribution in [0.25, 0.3) is 11.3 Å². The number of nitrogens with zero attached hydrogens (tertiary/aromatic N) is 1. The zero-order valence-corrected chi connectivity index (χ0v) is 12.7. The molecule has 0 radical (unpaired) electrons. The zero-order chi connectivity index (χ0) is 15.5. The van der Waals surface area contributed by atoms with Crippen molar-refractivity contribution in [2.24, 2.45) is 0 Å². The fourth-order valence-corrected chi connectivity index (χ4v) is 2.98. The second kappa shape index (κ2) is 5.99. The van der Waals surface area contributed by atoms with Gasteiger partial charge in [-0.1, -0.05) is 42.5 Å². The van der Waals surface area contributed by atoms with Crippen LogP contribution in [0.15, 0.2) is 54.6 Å². The van der Waals surface area contributed by atoms with E-state index in [1.807, 2.05) is 37.3 Å². The van der Waals surface area contributed by atoms with E-state index in [1.165, 1.54) is 12.1 Å². The number of carboxylic acid groups (broad SMARTS) is 1. The summed E-state index contributed by atoms with van der Waals surface area (Å²) < 4.78 is 0. The van der Waals surface area contributed by atoms with Crippen molar-refractivity contribution in [1.82, 2.24) is 4.98 Å². The SMILES string of the molecule is Cc1sc(Nc2ccc(C(=O)[O-])cc2)nc1-c1ccccc1. The fourth-order valence-electron chi connectivity index (χ4n) is 2.13. The summed E-state index contributed by atoms with van der Waals surface area (Å²) in [7, 11) is 0. The van der Waals surface area contributed by atoms with Gasteiger partial charge in [0, 0.05) is 16.1 Å². The van der Waals surface area contributed by atoms with E-state index in [-0.39, 0.29) is 5.56 Å². The number of rotatable bonds is 4. The predicted octanol–water partition coefficient (Wildman–Crippen LogP) is 3.23. The van der Waals surface area contributed by atoms with Gasteiger partial charge in [-0.25, -0.2) is 4.98 Å². The van der Waals surface area contributed by atoms with Crippen molar-refractivity contribution >= 4 is 28.1 Å². The zero-order valence-electron chi connectivity index (χ0n) is 11.9. The average Bonchev–Trinajstić information content (AvgIpc) is 2.89. The highest BCUT2D eigenvalue weighted by Crippen LogP contribution is 2.31. The minimum atomic E-state index is -1.18. The Morgan fingerprint density at radius 2 is 1.77 bits per heavy atom. The number of carboxylic acids is 1. The minimum absolute atomic E-state index is 0.158. The van der Waals surface area contributed by atoms with Crippen LogP contribution in [0.4, 0.5) is 10.8 Å². The van der Waals surface area contributed by atoms with E-state index in [9.17, 15) is 9.90 Å². The molecule has 1 N–H and O–H groups in total. The maximum Gasteiger partial charge on any atom is 0.187 e. The van der Waals surface area contributed by atoms with E-state index in [1.54, 1.807) is 23.5 Å². The summed E-state index contributed by atoms with van der Waals surface area (Å²) in [4.78, 5) is 16.5. The standard InChI is InChI=1S/C17H14N2O2S/c1-11-15(12-5-3-2-4-6-12)19-17(22-11)18-14-9-7-13(8-10-14)16(20)21/h2-10H,1H3,(H,18,19)(H,20,21)/p-1. The molecule has 110 valence electrons. The molecule has 5 heteroatoms. The number of benzene rings is 2. The number of aryl methyl sites for hydroxylation is 1. The number of aromatic nitrogens is 1. The maximum absolute atomic E-state index is 10.7. The topological polar surface area (TPSA) is 65.0 Å². The van der Waals surface area contributed by atoms with Gasteiger partial charge in [0.2, 0.25) is 0 Å². The lowest BCUT2D eigenvalue weighted by Gasteiger charge is -2.05. The van der Waals surface area contributed by atoms with Crippen LogP contribution >= 0.6 is 11.3 Å². The molecule has 0 aliphatic heterocycles. The molecule has 1 heterocycles. The molecule has 0 fully saturated rings. The molecule has 0 unspecified atom stereocenters. The Kier molecular flexibility index (Phi) is 3.89. The highest BCUT2D eigenvalue weighted by molar-refractivity contribution is 7.16. The number of thiazole rings is 1. The maximum atomic E-state index is 10.7. The molecule has 0 saturated carbocycles. The third-order valence-corrected chi connectivity index (χ3v) is 4.10. The third kappa shape index (κ3) is 2.99. The van der Waals surface area contributed by atoms with Crippen LogP contribution in [-0.2, 0) is 0 Å². The van der Waals surface area contributed by atoms with Gasteiger partial charge >= 0.3 is 0 Å². The molecule has 0 saturated heterocycles. The van der Waals surface area contributed by atoms with Crippen molar-refractivity contribution in [3.63, 3.8) is 0 Å². The summed E-state index contributed by atoms with van der Waals surface area (Å²) in [5.74, 6) is -1.18. The van der Waals surface area contributed by atoms with Crippen LogP contribution < -0.4 is 10.4 Å². The Morgan fingerprint density at radius 3 is 2.41 bits per heavy atom. The van der Waals surface area contributed by atoms with E-state index in [2.05, 4.69) is 10.3 Å². The van der Waals surface area contributed by atoms with Gasteiger partial charge in [-0.15, -0.1) is 11.3 Å². The van der Waals surface area contributed by atoms with E-state index in [0.717, 1.165) is 27.0 Å². The molecule has 0 amide bonds. The highest BCUT2D eigenvalue weighted by Gasteiger charge is 2.09. The molecule has 0 spiro atoms. The van der Waals surface area contributed by atoms with Crippen LogP contribution in [0.5, 0.6) is 0 Å². The molecule has 3 aromatic rings. The smallest absolute Gasteiger partial charge is 0.187 e. The van der Waals surface area contributed by atoms with Crippen LogP contribution in [0, 0.1) is 6.92 Å². The Morgan fingerprint density at radius 1 is 1.09 bits per heavy atom. The van der Waals surface area contributed by atoms with Gasteiger partial charge in [0.05, 0.1) is 11.7 Å². The highest BCUT2D eigenvalue weighted by atomic mass is 32.1. The van der Waals surface area contributed by atoms with Gasteiger partial charge in [-0.3, -0.25) is 0 Å². The number of carbonyl (C=O) groups excluding carboxylic acids is 1. The number of nitrogens with one attached hydrogen (secondary N) is 1. The molecule has 0 aliphatic carbocycles. The molecule has 1 aromatic heterocycles. The van der Waals surface area contributed by atoms with Crippen molar-refractivity contribution in [3.8, 4) is 11.3 Å². The number of hydrogen-bond donors (Lipinski definition) is 1. The Hall–Kier alpha value is -2.66. The summed E-state index contributed by atoms with van der Waals surface area (Å²) in [5.41, 5.74) is 2.99. The van der Waals surface area contributed by atoms with Crippen molar-refractivity contribution in [1.29, 1.82) is 0 Å². The molecular weight excluding hydrogens is 296 g/mol. The lowest BCUT2D eigenvalue weighted by molar-refractivity contribution is -0.255. The quantitative estimate of drug-likeness (QED) is 0.803. The number of carbonyl (C=O) groups is 1. The lowest BCUT2D eigenvalue weighted by atomic mass is 10.1. The Balaban J connectivity index is 1.83. The van der Waals surface area contributed by atoms with Gasteiger partial charge in [0.25, 0.3) is 0 Å². The monoisotopic (exact) mass is 309 g/mol. The van der Waals surface area contributed by atoms with Crippen molar-refractivity contribution < 1.29 is 9.90 Å². The molecular formula is C17H13N2O2S-. The van der Waals surface area contributed by atoms with Crippen LogP contribution in [0.2, 0.25) is 0 Å². The second-order valence-corrected chi connectivity index (χ2v) is 5.98.